The van der Waals surface area contributed by atoms with Crippen molar-refractivity contribution in [1.82, 2.24) is 9.97 Å². The number of benzene rings is 2. The van der Waals surface area contributed by atoms with Gasteiger partial charge in [0.25, 0.3) is 0 Å². The molecule has 0 saturated carbocycles. The number of pyridine rings is 2. The summed E-state index contributed by atoms with van der Waals surface area (Å²) in [5.74, 6) is 0. The first-order chi connectivity index (χ1) is 15.5. The number of rotatable bonds is 2. The van der Waals surface area contributed by atoms with Crippen molar-refractivity contribution in [1.29, 1.82) is 0 Å². The van der Waals surface area contributed by atoms with Crippen molar-refractivity contribution in [2.24, 2.45) is 0 Å². The molecule has 3 nitrogen and oxygen atoms in total. The van der Waals surface area contributed by atoms with Gasteiger partial charge < -0.3 is 4.42 Å². The van der Waals surface area contributed by atoms with Gasteiger partial charge in [-0.25, -0.2) is 0 Å². The highest BCUT2D eigenvalue weighted by Crippen LogP contribution is 2.40. The van der Waals surface area contributed by atoms with Crippen LogP contribution in [-0.2, 0) is 5.41 Å². The summed E-state index contributed by atoms with van der Waals surface area (Å²) in [6.07, 6.45) is 5.42. The first-order valence-corrected chi connectivity index (χ1v) is 11.5. The number of aromatic nitrogens is 2. The molecule has 0 aliphatic carbocycles. The summed E-state index contributed by atoms with van der Waals surface area (Å²) in [5.41, 5.74) is 5.31. The Bertz CT molecular complexity index is 1620. The van der Waals surface area contributed by atoms with Gasteiger partial charge in [0.05, 0.1) is 28.7 Å². The van der Waals surface area contributed by atoms with Crippen molar-refractivity contribution in [2.75, 3.05) is 0 Å². The highest BCUT2D eigenvalue weighted by molar-refractivity contribution is 7.22. The summed E-state index contributed by atoms with van der Waals surface area (Å²) >= 11 is 1.75. The zero-order chi connectivity index (χ0) is 21.9. The topological polar surface area (TPSA) is 38.9 Å². The van der Waals surface area contributed by atoms with E-state index in [0.29, 0.717) is 0 Å². The van der Waals surface area contributed by atoms with E-state index in [1.807, 2.05) is 12.3 Å². The predicted octanol–water partition coefficient (Wildman–Crippen LogP) is 8.22. The van der Waals surface area contributed by atoms with Crippen molar-refractivity contribution in [3.05, 3.63) is 84.9 Å². The quantitative estimate of drug-likeness (QED) is 0.275. The number of fused-ring (bicyclic) bond motifs is 3. The standard InChI is InChI=1S/C28H22N2OS/c1-28(2,3)22-13-19(12-17-6-4-5-7-20(17)22)27-21-15-26(32-25(21)8-10-29-27)23-14-18-9-11-31-24(18)16-30-23/h4-16H,1-3H3. The van der Waals surface area contributed by atoms with Crippen LogP contribution < -0.4 is 0 Å². The van der Waals surface area contributed by atoms with Crippen LogP contribution >= 0.6 is 11.3 Å². The average molecular weight is 435 g/mol. The normalized spacial score (nSPS) is 12.2. The monoisotopic (exact) mass is 434 g/mol. The molecule has 4 heteroatoms. The third-order valence-corrected chi connectivity index (χ3v) is 7.10. The highest BCUT2D eigenvalue weighted by atomic mass is 32.1. The molecule has 0 atom stereocenters. The average Bonchev–Trinajstić information content (AvgIpc) is 3.43. The second kappa shape index (κ2) is 7.01. The minimum atomic E-state index is 0.0350. The van der Waals surface area contributed by atoms with E-state index in [1.165, 1.54) is 21.0 Å². The minimum absolute atomic E-state index is 0.0350. The van der Waals surface area contributed by atoms with Crippen LogP contribution in [0.4, 0.5) is 0 Å². The molecule has 0 radical (unpaired) electrons. The molecule has 4 aromatic heterocycles. The van der Waals surface area contributed by atoms with E-state index in [1.54, 1.807) is 23.8 Å². The molecular weight excluding hydrogens is 412 g/mol. The van der Waals surface area contributed by atoms with E-state index >= 15 is 0 Å². The second-order valence-electron chi connectivity index (χ2n) is 9.20. The summed E-state index contributed by atoms with van der Waals surface area (Å²) in [6, 6.07) is 21.6. The fourth-order valence-electron chi connectivity index (χ4n) is 4.39. The van der Waals surface area contributed by atoms with Crippen LogP contribution in [0.25, 0.3) is 53.7 Å². The smallest absolute Gasteiger partial charge is 0.152 e. The molecule has 0 aliphatic rings. The molecule has 0 unspecified atom stereocenters. The summed E-state index contributed by atoms with van der Waals surface area (Å²) < 4.78 is 6.66. The number of thiophene rings is 1. The van der Waals surface area contributed by atoms with Crippen LogP contribution in [0.1, 0.15) is 26.3 Å². The highest BCUT2D eigenvalue weighted by Gasteiger charge is 2.20. The van der Waals surface area contributed by atoms with Crippen LogP contribution in [0.2, 0.25) is 0 Å². The molecule has 0 bridgehead atoms. The van der Waals surface area contributed by atoms with E-state index in [0.717, 1.165) is 38.2 Å². The molecule has 0 aliphatic heterocycles. The van der Waals surface area contributed by atoms with E-state index in [9.17, 15) is 0 Å². The molecule has 0 saturated heterocycles. The van der Waals surface area contributed by atoms with Crippen molar-refractivity contribution < 1.29 is 4.42 Å². The Morgan fingerprint density at radius 3 is 2.59 bits per heavy atom. The SMILES string of the molecule is CC(C)(C)c1cc(-c2nccc3sc(-c4cc5ccoc5cn4)cc23)cc2ccccc12. The Morgan fingerprint density at radius 1 is 0.844 bits per heavy atom. The van der Waals surface area contributed by atoms with Gasteiger partial charge in [-0.1, -0.05) is 45.0 Å². The third-order valence-electron chi connectivity index (χ3n) is 5.98. The van der Waals surface area contributed by atoms with Crippen molar-refractivity contribution in [2.45, 2.75) is 26.2 Å². The van der Waals surface area contributed by atoms with E-state index < -0.39 is 0 Å². The van der Waals surface area contributed by atoms with Crippen LogP contribution in [0, 0.1) is 0 Å². The lowest BCUT2D eigenvalue weighted by Gasteiger charge is -2.22. The van der Waals surface area contributed by atoms with Gasteiger partial charge in [0.2, 0.25) is 0 Å². The van der Waals surface area contributed by atoms with Gasteiger partial charge in [-0.05, 0) is 58.1 Å². The molecule has 6 aromatic rings. The van der Waals surface area contributed by atoms with E-state index in [2.05, 4.69) is 80.4 Å². The number of furan rings is 1. The maximum absolute atomic E-state index is 5.45. The van der Waals surface area contributed by atoms with Crippen molar-refractivity contribution >= 4 is 43.2 Å². The lowest BCUT2D eigenvalue weighted by Crippen LogP contribution is -2.12. The molecule has 0 fully saturated rings. The van der Waals surface area contributed by atoms with Crippen molar-refractivity contribution in [3.63, 3.8) is 0 Å². The first-order valence-electron chi connectivity index (χ1n) is 10.7. The zero-order valence-corrected chi connectivity index (χ0v) is 19.0. The molecule has 0 spiro atoms. The Balaban J connectivity index is 1.56. The first kappa shape index (κ1) is 19.2. The summed E-state index contributed by atoms with van der Waals surface area (Å²) in [6.45, 7) is 6.81. The fraction of sp³-hybridized carbons (Fsp3) is 0.143. The molecule has 6 rings (SSSR count). The fourth-order valence-corrected chi connectivity index (χ4v) is 5.41. The van der Waals surface area contributed by atoms with Gasteiger partial charge in [-0.2, -0.15) is 0 Å². The Hall–Kier alpha value is -3.50. The van der Waals surface area contributed by atoms with E-state index in [4.69, 9.17) is 9.40 Å². The Kier molecular flexibility index (Phi) is 4.21. The van der Waals surface area contributed by atoms with Crippen LogP contribution in [0.15, 0.2) is 83.7 Å². The third kappa shape index (κ3) is 3.10. The molecule has 0 N–H and O–H groups in total. The largest absolute Gasteiger partial charge is 0.463 e. The van der Waals surface area contributed by atoms with Gasteiger partial charge in [-0.15, -0.1) is 11.3 Å². The van der Waals surface area contributed by atoms with Gasteiger partial charge in [0, 0.05) is 27.2 Å². The lowest BCUT2D eigenvalue weighted by molar-refractivity contribution is 0.596. The van der Waals surface area contributed by atoms with E-state index in [-0.39, 0.29) is 5.41 Å². The lowest BCUT2D eigenvalue weighted by atomic mass is 9.82. The Labute approximate surface area is 190 Å². The maximum atomic E-state index is 5.45. The molecule has 156 valence electrons. The van der Waals surface area contributed by atoms with Crippen LogP contribution in [0.5, 0.6) is 0 Å². The number of hydrogen-bond donors (Lipinski definition) is 0. The maximum Gasteiger partial charge on any atom is 0.152 e. The minimum Gasteiger partial charge on any atom is -0.463 e. The molecule has 32 heavy (non-hydrogen) atoms. The van der Waals surface area contributed by atoms with Gasteiger partial charge in [0.1, 0.15) is 0 Å². The summed E-state index contributed by atoms with van der Waals surface area (Å²) in [5, 5.41) is 4.78. The van der Waals surface area contributed by atoms with Gasteiger partial charge in [0.15, 0.2) is 5.58 Å². The second-order valence-corrected chi connectivity index (χ2v) is 10.3. The van der Waals surface area contributed by atoms with Gasteiger partial charge in [-0.3, -0.25) is 9.97 Å². The number of hydrogen-bond acceptors (Lipinski definition) is 4. The predicted molar refractivity (Wildman–Crippen MR) is 134 cm³/mol. The van der Waals surface area contributed by atoms with Crippen molar-refractivity contribution in [3.8, 4) is 21.8 Å². The summed E-state index contributed by atoms with van der Waals surface area (Å²) in [7, 11) is 0. The molecule has 2 aromatic carbocycles. The van der Waals surface area contributed by atoms with Crippen LogP contribution in [-0.4, -0.2) is 9.97 Å². The molecule has 0 amide bonds. The number of nitrogens with zero attached hydrogens (tertiary/aromatic N) is 2. The van der Waals surface area contributed by atoms with Gasteiger partial charge >= 0.3 is 0 Å². The zero-order valence-electron chi connectivity index (χ0n) is 18.2. The van der Waals surface area contributed by atoms with Crippen LogP contribution in [0.3, 0.4) is 0 Å². The molecular formula is C28H22N2OS. The molecule has 4 heterocycles. The Morgan fingerprint density at radius 2 is 1.72 bits per heavy atom. The summed E-state index contributed by atoms with van der Waals surface area (Å²) in [4.78, 5) is 10.6.